The van der Waals surface area contributed by atoms with Gasteiger partial charge in [0.25, 0.3) is 5.91 Å². The number of piperidine rings is 1. The number of hydrogen-bond donors (Lipinski definition) is 1. The van der Waals surface area contributed by atoms with Crippen LogP contribution in [-0.4, -0.2) is 35.5 Å². The molecule has 2 aliphatic heterocycles. The Bertz CT molecular complexity index is 464. The lowest BCUT2D eigenvalue weighted by molar-refractivity contribution is 0.0636. The van der Waals surface area contributed by atoms with E-state index >= 15 is 0 Å². The molecule has 0 saturated carbocycles. The zero-order chi connectivity index (χ0) is 13.4. The largest absolute Gasteiger partial charge is 0.335 e. The van der Waals surface area contributed by atoms with E-state index in [1.807, 2.05) is 10.3 Å². The van der Waals surface area contributed by atoms with E-state index in [1.165, 1.54) is 24.2 Å². The highest BCUT2D eigenvalue weighted by Gasteiger charge is 2.37. The molecule has 2 fully saturated rings. The summed E-state index contributed by atoms with van der Waals surface area (Å²) in [5.74, 6) is 0.105. The van der Waals surface area contributed by atoms with Crippen molar-refractivity contribution in [2.24, 2.45) is 0 Å². The van der Waals surface area contributed by atoms with E-state index in [1.54, 1.807) is 6.07 Å². The Hall–Kier alpha value is -0.580. The first-order valence-electron chi connectivity index (χ1n) is 6.99. The Morgan fingerprint density at radius 3 is 2.68 bits per heavy atom. The summed E-state index contributed by atoms with van der Waals surface area (Å²) < 4.78 is 0. The molecule has 0 radical (unpaired) electrons. The van der Waals surface area contributed by atoms with Gasteiger partial charge in [0.1, 0.15) is 4.88 Å². The average molecular weight is 299 g/mol. The fraction of sp³-hybridized carbons (Fsp3) is 0.643. The molecule has 3 heterocycles. The van der Waals surface area contributed by atoms with Crippen LogP contribution in [-0.2, 0) is 0 Å². The summed E-state index contributed by atoms with van der Waals surface area (Å²) in [6, 6.07) is 3.38. The number of nitrogens with one attached hydrogen (secondary N) is 1. The third-order valence-electron chi connectivity index (χ3n) is 4.30. The number of carbonyl (C=O) groups excluding carboxylic acids is 1. The molecule has 2 saturated heterocycles. The lowest BCUT2D eigenvalue weighted by Crippen LogP contribution is -2.50. The number of thiophene rings is 1. The topological polar surface area (TPSA) is 32.3 Å². The fourth-order valence-corrected chi connectivity index (χ4v) is 4.52. The van der Waals surface area contributed by atoms with Crippen LogP contribution in [0.5, 0.6) is 0 Å². The smallest absolute Gasteiger partial charge is 0.265 e. The van der Waals surface area contributed by atoms with Gasteiger partial charge in [-0.15, -0.1) is 11.3 Å². The van der Waals surface area contributed by atoms with Gasteiger partial charge in [0.2, 0.25) is 0 Å². The normalized spacial score (nSPS) is 29.5. The molecule has 1 N–H and O–H groups in total. The van der Waals surface area contributed by atoms with E-state index in [4.69, 9.17) is 11.6 Å². The van der Waals surface area contributed by atoms with Gasteiger partial charge in [-0.25, -0.2) is 0 Å². The first-order chi connectivity index (χ1) is 9.19. The third-order valence-corrected chi connectivity index (χ3v) is 5.63. The minimum absolute atomic E-state index is 0.105. The van der Waals surface area contributed by atoms with Crippen molar-refractivity contribution in [3.63, 3.8) is 0 Å². The lowest BCUT2D eigenvalue weighted by Gasteiger charge is -2.37. The van der Waals surface area contributed by atoms with Crippen LogP contribution in [0.15, 0.2) is 11.4 Å². The van der Waals surface area contributed by atoms with Gasteiger partial charge >= 0.3 is 0 Å². The van der Waals surface area contributed by atoms with Crippen molar-refractivity contribution in [1.82, 2.24) is 10.2 Å². The van der Waals surface area contributed by atoms with Crippen molar-refractivity contribution in [3.8, 4) is 0 Å². The molecule has 0 aliphatic carbocycles. The van der Waals surface area contributed by atoms with Crippen LogP contribution >= 0.6 is 22.9 Å². The van der Waals surface area contributed by atoms with Gasteiger partial charge in [-0.3, -0.25) is 4.79 Å². The minimum Gasteiger partial charge on any atom is -0.335 e. The van der Waals surface area contributed by atoms with Crippen molar-refractivity contribution in [2.45, 2.75) is 50.7 Å². The Kier molecular flexibility index (Phi) is 3.83. The summed E-state index contributed by atoms with van der Waals surface area (Å²) in [5.41, 5.74) is 0. The van der Waals surface area contributed by atoms with Crippen LogP contribution in [0.4, 0.5) is 0 Å². The summed E-state index contributed by atoms with van der Waals surface area (Å²) in [7, 11) is 0. The number of nitrogens with zero attached hydrogens (tertiary/aromatic N) is 1. The lowest BCUT2D eigenvalue weighted by atomic mass is 9.98. The second-order valence-electron chi connectivity index (χ2n) is 5.45. The number of fused-ring (bicyclic) bond motifs is 2. The number of halogens is 1. The van der Waals surface area contributed by atoms with Crippen molar-refractivity contribution >= 4 is 28.8 Å². The van der Waals surface area contributed by atoms with E-state index in [-0.39, 0.29) is 5.91 Å². The molecular weight excluding hydrogens is 280 g/mol. The van der Waals surface area contributed by atoms with Gasteiger partial charge in [-0.05, 0) is 44.1 Å². The van der Waals surface area contributed by atoms with Crippen LogP contribution in [0.2, 0.25) is 5.02 Å². The van der Waals surface area contributed by atoms with Gasteiger partial charge in [-0.2, -0.15) is 0 Å². The molecule has 104 valence electrons. The molecule has 2 aliphatic rings. The molecule has 1 aromatic rings. The standard InChI is InChI=1S/C14H19ClN2OS/c1-2-17(14(18)13-12(15)5-6-19-13)11-7-9-3-4-10(8-11)16-9/h5-6,9-11,16H,2-4,7-8H2,1H3. The summed E-state index contributed by atoms with van der Waals surface area (Å²) in [6.45, 7) is 2.82. The molecule has 2 bridgehead atoms. The van der Waals surface area contributed by atoms with Crippen LogP contribution in [0.3, 0.4) is 0 Å². The van der Waals surface area contributed by atoms with E-state index in [0.29, 0.717) is 28.0 Å². The quantitative estimate of drug-likeness (QED) is 0.930. The molecule has 3 rings (SSSR count). The van der Waals surface area contributed by atoms with Gasteiger partial charge in [0.05, 0.1) is 5.02 Å². The summed E-state index contributed by atoms with van der Waals surface area (Å²) >= 11 is 7.54. The Morgan fingerprint density at radius 1 is 1.47 bits per heavy atom. The fourth-order valence-electron chi connectivity index (χ4n) is 3.43. The second kappa shape index (κ2) is 5.43. The minimum atomic E-state index is 0.105. The first-order valence-corrected chi connectivity index (χ1v) is 8.24. The number of rotatable bonds is 3. The SMILES string of the molecule is CCN(C(=O)c1sccc1Cl)C1CC2CCC(C1)N2. The summed E-state index contributed by atoms with van der Waals surface area (Å²) in [4.78, 5) is 15.3. The highest BCUT2D eigenvalue weighted by Crippen LogP contribution is 2.32. The van der Waals surface area contributed by atoms with Gasteiger partial charge < -0.3 is 10.2 Å². The predicted octanol–water partition coefficient (Wildman–Crippen LogP) is 3.15. The summed E-state index contributed by atoms with van der Waals surface area (Å²) in [6.07, 6.45) is 4.68. The van der Waals surface area contributed by atoms with Gasteiger partial charge in [0.15, 0.2) is 0 Å². The molecule has 19 heavy (non-hydrogen) atoms. The van der Waals surface area contributed by atoms with Crippen LogP contribution in [0.25, 0.3) is 0 Å². The maximum absolute atomic E-state index is 12.6. The number of carbonyl (C=O) groups is 1. The van der Waals surface area contributed by atoms with Crippen molar-refractivity contribution in [2.75, 3.05) is 6.54 Å². The second-order valence-corrected chi connectivity index (χ2v) is 6.78. The Labute approximate surface area is 122 Å². The molecule has 2 atom stereocenters. The highest BCUT2D eigenvalue weighted by atomic mass is 35.5. The van der Waals surface area contributed by atoms with Crippen molar-refractivity contribution in [3.05, 3.63) is 21.3 Å². The predicted molar refractivity (Wildman–Crippen MR) is 79.0 cm³/mol. The van der Waals surface area contributed by atoms with Crippen LogP contribution < -0.4 is 5.32 Å². The molecular formula is C14H19ClN2OS. The average Bonchev–Trinajstić information content (AvgIpc) is 2.96. The maximum atomic E-state index is 12.6. The maximum Gasteiger partial charge on any atom is 0.265 e. The van der Waals surface area contributed by atoms with Crippen LogP contribution in [0.1, 0.15) is 42.3 Å². The molecule has 3 nitrogen and oxygen atoms in total. The molecule has 5 heteroatoms. The Balaban J connectivity index is 1.77. The molecule has 2 unspecified atom stereocenters. The monoisotopic (exact) mass is 298 g/mol. The van der Waals surface area contributed by atoms with E-state index in [9.17, 15) is 4.79 Å². The van der Waals surface area contributed by atoms with E-state index < -0.39 is 0 Å². The van der Waals surface area contributed by atoms with Crippen LogP contribution in [0, 0.1) is 0 Å². The van der Waals surface area contributed by atoms with Crippen molar-refractivity contribution in [1.29, 1.82) is 0 Å². The van der Waals surface area contributed by atoms with E-state index in [2.05, 4.69) is 12.2 Å². The molecule has 1 amide bonds. The molecule has 1 aromatic heterocycles. The number of hydrogen-bond acceptors (Lipinski definition) is 3. The van der Waals surface area contributed by atoms with Crippen molar-refractivity contribution < 1.29 is 4.79 Å². The first kappa shape index (κ1) is 13.4. The zero-order valence-corrected chi connectivity index (χ0v) is 12.6. The number of amides is 1. The van der Waals surface area contributed by atoms with E-state index in [0.717, 1.165) is 19.4 Å². The third kappa shape index (κ3) is 2.54. The summed E-state index contributed by atoms with van der Waals surface area (Å²) in [5, 5.41) is 6.10. The van der Waals surface area contributed by atoms with Gasteiger partial charge in [0, 0.05) is 24.7 Å². The Morgan fingerprint density at radius 2 is 2.16 bits per heavy atom. The zero-order valence-electron chi connectivity index (χ0n) is 11.1. The molecule has 0 spiro atoms. The molecule has 0 aromatic carbocycles. The highest BCUT2D eigenvalue weighted by molar-refractivity contribution is 7.12. The van der Waals surface area contributed by atoms with Gasteiger partial charge in [-0.1, -0.05) is 11.6 Å².